The van der Waals surface area contributed by atoms with Gasteiger partial charge in [0, 0.05) is 12.5 Å². The minimum absolute atomic E-state index is 0.0106. The lowest BCUT2D eigenvalue weighted by Crippen LogP contribution is -2.67. The zero-order chi connectivity index (χ0) is 48.0. The fourth-order valence-electron chi connectivity index (χ4n) is 13.9. The molecule has 5 aliphatic carbocycles. The fourth-order valence-corrected chi connectivity index (χ4v) is 13.9. The van der Waals surface area contributed by atoms with Gasteiger partial charge in [0.2, 0.25) is 0 Å². The van der Waals surface area contributed by atoms with Crippen LogP contribution in [0.5, 0.6) is 0 Å². The lowest BCUT2D eigenvalue weighted by Gasteiger charge is -2.64. The SMILES string of the molecule is C=C1C[C@@]23CCC4[C@](C)(C(=O)OC5CC(CO)C(O)C(O)C5O)CCC[C@@]4(C)[C@@H]2CCC1(OC1OC(CO)C(O)C(OC2OC(CO)C(O)C(O)C2O)C1OC1OC(C)C(O)C(O)C1O)C3. The molecule has 66 heavy (non-hydrogen) atoms. The van der Waals surface area contributed by atoms with Gasteiger partial charge >= 0.3 is 5.97 Å². The first kappa shape index (κ1) is 50.8. The molecule has 3 aliphatic heterocycles. The third-order valence-electron chi connectivity index (χ3n) is 17.6. The lowest BCUT2D eigenvalue weighted by molar-refractivity contribution is -0.398. The van der Waals surface area contributed by atoms with E-state index in [0.29, 0.717) is 44.9 Å². The van der Waals surface area contributed by atoms with Crippen LogP contribution in [0.2, 0.25) is 0 Å². The Labute approximate surface area is 382 Å². The second-order valence-corrected chi connectivity index (χ2v) is 21.3. The summed E-state index contributed by atoms with van der Waals surface area (Å²) in [6, 6.07) is 0. The van der Waals surface area contributed by atoms with E-state index in [1.807, 2.05) is 6.92 Å². The zero-order valence-corrected chi connectivity index (χ0v) is 37.7. The first-order chi connectivity index (χ1) is 31.1. The summed E-state index contributed by atoms with van der Waals surface area (Å²) in [7, 11) is 0. The van der Waals surface area contributed by atoms with Crippen LogP contribution in [-0.4, -0.2) is 214 Å². The van der Waals surface area contributed by atoms with Gasteiger partial charge in [-0.05, 0) is 99.9 Å². The van der Waals surface area contributed by atoms with E-state index >= 15 is 0 Å². The number of carbonyl (C=O) groups excluding carboxylic acids is 1. The molecular weight excluding hydrogens is 876 g/mol. The van der Waals surface area contributed by atoms with Crippen LogP contribution in [0.1, 0.15) is 85.0 Å². The monoisotopic (exact) mass is 948 g/mol. The summed E-state index contributed by atoms with van der Waals surface area (Å²) >= 11 is 0. The Balaban J connectivity index is 1.06. The molecule has 8 aliphatic rings. The van der Waals surface area contributed by atoms with Crippen LogP contribution >= 0.6 is 0 Å². The highest BCUT2D eigenvalue weighted by Crippen LogP contribution is 2.74. The third-order valence-corrected chi connectivity index (χ3v) is 17.6. The topological polar surface area (TPSA) is 345 Å². The number of esters is 1. The fraction of sp³-hybridized carbons (Fsp3) is 0.933. The minimum Gasteiger partial charge on any atom is -0.459 e. The Morgan fingerprint density at radius 3 is 1.91 bits per heavy atom. The van der Waals surface area contributed by atoms with Crippen molar-refractivity contribution >= 4 is 5.97 Å². The third kappa shape index (κ3) is 8.31. The summed E-state index contributed by atoms with van der Waals surface area (Å²) in [6.07, 6.45) is -24.6. The molecule has 3 heterocycles. The van der Waals surface area contributed by atoms with Gasteiger partial charge < -0.3 is 99.5 Å². The lowest BCUT2D eigenvalue weighted by atomic mass is 9.41. The molecule has 0 aromatic rings. The van der Waals surface area contributed by atoms with Gasteiger partial charge in [-0.3, -0.25) is 4.79 Å². The number of hydrogen-bond acceptors (Lipinski definition) is 21. The van der Waals surface area contributed by atoms with Crippen molar-refractivity contribution in [2.45, 2.75) is 207 Å². The minimum atomic E-state index is -1.92. The predicted octanol–water partition coefficient (Wildman–Crippen LogP) is -3.42. The summed E-state index contributed by atoms with van der Waals surface area (Å²) in [5, 5.41) is 138. The molecule has 378 valence electrons. The van der Waals surface area contributed by atoms with Gasteiger partial charge in [-0.15, -0.1) is 0 Å². The van der Waals surface area contributed by atoms with E-state index in [1.54, 1.807) is 0 Å². The van der Waals surface area contributed by atoms with Gasteiger partial charge in [-0.1, -0.05) is 19.9 Å². The molecule has 0 radical (unpaired) electrons. The molecule has 8 fully saturated rings. The van der Waals surface area contributed by atoms with Crippen LogP contribution in [0, 0.1) is 34.0 Å². The van der Waals surface area contributed by atoms with Gasteiger partial charge in [0.25, 0.3) is 0 Å². The van der Waals surface area contributed by atoms with E-state index in [9.17, 15) is 71.2 Å². The molecule has 0 amide bonds. The molecule has 21 heteroatoms. The Morgan fingerprint density at radius 2 is 1.24 bits per heavy atom. The van der Waals surface area contributed by atoms with Crippen molar-refractivity contribution in [1.29, 1.82) is 0 Å². The Morgan fingerprint density at radius 1 is 0.652 bits per heavy atom. The molecule has 2 bridgehead atoms. The van der Waals surface area contributed by atoms with Crippen LogP contribution in [-0.2, 0) is 38.0 Å². The number of hydrogen-bond donors (Lipinski definition) is 13. The van der Waals surface area contributed by atoms with Crippen LogP contribution < -0.4 is 0 Å². The molecule has 13 N–H and O–H groups in total. The van der Waals surface area contributed by atoms with E-state index in [2.05, 4.69) is 13.5 Å². The maximum absolute atomic E-state index is 14.4. The Bertz CT molecular complexity index is 1740. The molecule has 8 rings (SSSR count). The average Bonchev–Trinajstić information content (AvgIpc) is 3.48. The van der Waals surface area contributed by atoms with Crippen molar-refractivity contribution in [2.75, 3.05) is 19.8 Å². The Kier molecular flexibility index (Phi) is 14.5. The summed E-state index contributed by atoms with van der Waals surface area (Å²) < 4.78 is 43.2. The van der Waals surface area contributed by atoms with Crippen molar-refractivity contribution < 1.29 is 104 Å². The maximum atomic E-state index is 14.4. The second kappa shape index (κ2) is 18.9. The number of rotatable bonds is 11. The van der Waals surface area contributed by atoms with Crippen LogP contribution in [0.4, 0.5) is 0 Å². The highest BCUT2D eigenvalue weighted by molar-refractivity contribution is 5.77. The van der Waals surface area contributed by atoms with E-state index in [4.69, 9.17) is 33.2 Å². The van der Waals surface area contributed by atoms with Crippen LogP contribution in [0.3, 0.4) is 0 Å². The zero-order valence-electron chi connectivity index (χ0n) is 37.7. The molecule has 0 aromatic heterocycles. The first-order valence-corrected chi connectivity index (χ1v) is 23.6. The first-order valence-electron chi connectivity index (χ1n) is 23.6. The standard InChI is InChI=1S/C45H72O21/c1-18-13-44-10-6-24-42(3,8-5-9-43(24,4)41(59)63-21-12-20(14-46)27(50)32(55)28(21)51)25(44)7-11-45(18,17-44)66-40-37(65-38-34(57)31(54)26(49)19(2)60-38)36(30(53)23(16-48)62-40)64-39-35(58)33(56)29(52)22(15-47)61-39/h19-40,46-58H,1,5-17H2,2-4H3/t19?,20?,21?,22?,23?,24?,25-,26?,27?,28?,29?,30?,31?,32?,33?,34?,35?,36?,37?,38?,39?,40?,42+,43+,44+,45?/m0/s1. The van der Waals surface area contributed by atoms with Gasteiger partial charge in [0.05, 0.1) is 36.4 Å². The number of ether oxygens (including phenoxy) is 7. The molecular formula is C45H72O21. The highest BCUT2D eigenvalue weighted by Gasteiger charge is 2.69. The summed E-state index contributed by atoms with van der Waals surface area (Å²) in [4.78, 5) is 14.4. The predicted molar refractivity (Wildman–Crippen MR) is 221 cm³/mol. The summed E-state index contributed by atoms with van der Waals surface area (Å²) in [5.74, 6) is -1.32. The van der Waals surface area contributed by atoms with Crippen molar-refractivity contribution in [2.24, 2.45) is 34.0 Å². The van der Waals surface area contributed by atoms with Gasteiger partial charge in [-0.2, -0.15) is 0 Å². The maximum Gasteiger partial charge on any atom is 0.312 e. The van der Waals surface area contributed by atoms with Gasteiger partial charge in [-0.25, -0.2) is 0 Å². The van der Waals surface area contributed by atoms with Gasteiger partial charge in [0.1, 0.15) is 85.5 Å². The quantitative estimate of drug-likeness (QED) is 0.0545. The number of carbonyl (C=O) groups is 1. The molecule has 21 nitrogen and oxygen atoms in total. The average molecular weight is 949 g/mol. The van der Waals surface area contributed by atoms with E-state index < -0.39 is 159 Å². The summed E-state index contributed by atoms with van der Waals surface area (Å²) in [6.45, 7) is 8.11. The Hall–Kier alpha value is -1.55. The smallest absolute Gasteiger partial charge is 0.312 e. The number of aliphatic hydroxyl groups is 13. The molecule has 1 spiro atoms. The molecule has 26 atom stereocenters. The van der Waals surface area contributed by atoms with Crippen molar-refractivity contribution in [3.05, 3.63) is 12.2 Å². The van der Waals surface area contributed by atoms with Crippen molar-refractivity contribution in [3.63, 3.8) is 0 Å². The van der Waals surface area contributed by atoms with Crippen LogP contribution in [0.25, 0.3) is 0 Å². The van der Waals surface area contributed by atoms with Gasteiger partial charge in [0.15, 0.2) is 18.9 Å². The largest absolute Gasteiger partial charge is 0.459 e. The normalized spacial score (nSPS) is 55.2. The van der Waals surface area contributed by atoms with E-state index in [0.717, 1.165) is 18.4 Å². The highest BCUT2D eigenvalue weighted by atomic mass is 16.8. The van der Waals surface area contributed by atoms with E-state index in [1.165, 1.54) is 6.92 Å². The van der Waals surface area contributed by atoms with Crippen molar-refractivity contribution in [1.82, 2.24) is 0 Å². The molecule has 3 saturated heterocycles. The van der Waals surface area contributed by atoms with E-state index in [-0.39, 0.29) is 29.1 Å². The summed E-state index contributed by atoms with van der Waals surface area (Å²) in [5.41, 5.74) is -2.01. The number of aliphatic hydroxyl groups excluding tert-OH is 13. The van der Waals surface area contributed by atoms with Crippen LogP contribution in [0.15, 0.2) is 12.2 Å². The molecule has 5 saturated carbocycles. The second-order valence-electron chi connectivity index (χ2n) is 21.3. The van der Waals surface area contributed by atoms with Crippen molar-refractivity contribution in [3.8, 4) is 0 Å². The molecule has 0 aromatic carbocycles. The number of fused-ring (bicyclic) bond motifs is 3. The molecule has 22 unspecified atom stereocenters.